The van der Waals surface area contributed by atoms with Gasteiger partial charge >= 0.3 is 0 Å². The Bertz CT molecular complexity index is 1550. The Morgan fingerprint density at radius 3 is 2.84 bits per heavy atom. The molecule has 0 saturated carbocycles. The fourth-order valence-corrected chi connectivity index (χ4v) is 3.51. The van der Waals surface area contributed by atoms with Gasteiger partial charge in [0.05, 0.1) is 28.8 Å². The Balaban J connectivity index is 1.57. The molecule has 4 heterocycles. The van der Waals surface area contributed by atoms with E-state index in [1.807, 2.05) is 25.3 Å². The molecular weight excluding hydrogens is 407 g/mol. The van der Waals surface area contributed by atoms with Crippen LogP contribution in [0.15, 0.2) is 49.1 Å². The lowest BCUT2D eigenvalue weighted by atomic mass is 10.1. The molecule has 0 radical (unpaired) electrons. The molecule has 0 unspecified atom stereocenters. The molecule has 8 nitrogen and oxygen atoms in total. The number of imidazole rings is 1. The van der Waals surface area contributed by atoms with Crippen LogP contribution in [0.4, 0.5) is 10.1 Å². The number of nitrogens with zero attached hydrogens (tertiary/aromatic N) is 4. The van der Waals surface area contributed by atoms with Gasteiger partial charge in [0.2, 0.25) is 0 Å². The highest BCUT2D eigenvalue weighted by atomic mass is 19.1. The van der Waals surface area contributed by atoms with E-state index in [2.05, 4.69) is 36.9 Å². The first-order chi connectivity index (χ1) is 15.5. The Hall–Kier alpha value is -4.53. The molecule has 5 aromatic rings. The van der Waals surface area contributed by atoms with Crippen molar-refractivity contribution in [2.45, 2.75) is 6.92 Å². The molecule has 0 bridgehead atoms. The number of halogens is 1. The largest absolute Gasteiger partial charge is 0.399 e. The number of aromatic nitrogens is 7. The first-order valence-corrected chi connectivity index (χ1v) is 9.81. The van der Waals surface area contributed by atoms with Gasteiger partial charge in [-0.25, -0.2) is 9.37 Å². The van der Waals surface area contributed by atoms with E-state index in [4.69, 9.17) is 10.7 Å². The monoisotopic (exact) mass is 426 g/mol. The predicted molar refractivity (Wildman–Crippen MR) is 123 cm³/mol. The third kappa shape index (κ3) is 3.45. The summed E-state index contributed by atoms with van der Waals surface area (Å²) < 4.78 is 13.9. The van der Waals surface area contributed by atoms with Crippen LogP contribution in [0.3, 0.4) is 0 Å². The van der Waals surface area contributed by atoms with Crippen LogP contribution in [0.1, 0.15) is 12.5 Å². The lowest BCUT2D eigenvalue weighted by Gasteiger charge is -2.04. The van der Waals surface area contributed by atoms with Crippen molar-refractivity contribution >= 4 is 34.9 Å². The van der Waals surface area contributed by atoms with E-state index in [9.17, 15) is 4.39 Å². The summed E-state index contributed by atoms with van der Waals surface area (Å²) in [6.45, 7) is 6.15. The highest BCUT2D eigenvalue weighted by molar-refractivity contribution is 5.93. The number of nitrogens with one attached hydrogen (secondary N) is 3. The van der Waals surface area contributed by atoms with E-state index in [1.165, 1.54) is 12.1 Å². The van der Waals surface area contributed by atoms with Gasteiger partial charge in [0, 0.05) is 34.4 Å². The number of pyridine rings is 1. The van der Waals surface area contributed by atoms with Gasteiger partial charge in [-0.2, -0.15) is 10.2 Å². The highest BCUT2D eigenvalue weighted by Crippen LogP contribution is 2.29. The second-order valence-electron chi connectivity index (χ2n) is 7.41. The zero-order valence-electron chi connectivity index (χ0n) is 17.1. The minimum Gasteiger partial charge on any atom is -0.399 e. The van der Waals surface area contributed by atoms with Crippen molar-refractivity contribution in [3.63, 3.8) is 0 Å². The average molecular weight is 426 g/mol. The Kier molecular flexibility index (Phi) is 4.63. The summed E-state index contributed by atoms with van der Waals surface area (Å²) in [5, 5.41) is 15.6. The van der Waals surface area contributed by atoms with Gasteiger partial charge < -0.3 is 10.7 Å². The minimum atomic E-state index is -0.418. The SMILES string of the molecule is C=c1c(-c2nc3c(-c4cc(N)cc(F)c4)cncc3[nH]2)n[nH]/c1=C/C=C(\C)c1cn[nH]c1. The zero-order chi connectivity index (χ0) is 22.2. The number of nitrogen functional groups attached to an aromatic ring is 1. The van der Waals surface area contributed by atoms with Crippen LogP contribution in [0, 0.1) is 5.82 Å². The quantitative estimate of drug-likeness (QED) is 0.329. The van der Waals surface area contributed by atoms with Gasteiger partial charge in [-0.3, -0.25) is 15.2 Å². The average Bonchev–Trinajstić information content (AvgIpc) is 3.50. The van der Waals surface area contributed by atoms with Crippen LogP contribution >= 0.6 is 0 Å². The first kappa shape index (κ1) is 19.4. The fourth-order valence-electron chi connectivity index (χ4n) is 3.51. The predicted octanol–water partition coefficient (Wildman–Crippen LogP) is 2.75. The third-order valence-corrected chi connectivity index (χ3v) is 5.20. The number of hydrogen-bond acceptors (Lipinski definition) is 5. The molecule has 32 heavy (non-hydrogen) atoms. The molecule has 5 rings (SSSR count). The molecule has 0 aliphatic heterocycles. The van der Waals surface area contributed by atoms with Crippen LogP contribution in [-0.4, -0.2) is 35.3 Å². The Labute approximate surface area is 181 Å². The lowest BCUT2D eigenvalue weighted by molar-refractivity contribution is 0.629. The molecule has 0 saturated heterocycles. The molecule has 5 N–H and O–H groups in total. The second kappa shape index (κ2) is 7.62. The van der Waals surface area contributed by atoms with Crippen molar-refractivity contribution < 1.29 is 4.39 Å². The molecule has 0 spiro atoms. The van der Waals surface area contributed by atoms with Crippen LogP contribution in [-0.2, 0) is 0 Å². The van der Waals surface area contributed by atoms with E-state index in [1.54, 1.807) is 24.7 Å². The topological polar surface area (TPSA) is 125 Å². The van der Waals surface area contributed by atoms with Crippen molar-refractivity contribution in [1.29, 1.82) is 0 Å². The number of benzene rings is 1. The Morgan fingerprint density at radius 2 is 2.06 bits per heavy atom. The summed E-state index contributed by atoms with van der Waals surface area (Å²) in [4.78, 5) is 12.2. The van der Waals surface area contributed by atoms with Gasteiger partial charge in [-0.15, -0.1) is 0 Å². The maximum atomic E-state index is 13.9. The van der Waals surface area contributed by atoms with Crippen LogP contribution in [0.25, 0.3) is 51.9 Å². The molecule has 0 aliphatic rings. The summed E-state index contributed by atoms with van der Waals surface area (Å²) >= 11 is 0. The highest BCUT2D eigenvalue weighted by Gasteiger charge is 2.14. The van der Waals surface area contributed by atoms with Crippen LogP contribution < -0.4 is 16.3 Å². The minimum absolute atomic E-state index is 0.332. The van der Waals surface area contributed by atoms with Crippen molar-refractivity contribution in [3.05, 3.63) is 71.0 Å². The van der Waals surface area contributed by atoms with Crippen LogP contribution in [0.2, 0.25) is 0 Å². The molecular formula is C23H19FN8. The molecule has 158 valence electrons. The molecule has 1 aromatic carbocycles. The maximum absolute atomic E-state index is 13.9. The van der Waals surface area contributed by atoms with E-state index < -0.39 is 5.82 Å². The van der Waals surface area contributed by atoms with Gasteiger partial charge in [-0.1, -0.05) is 12.7 Å². The summed E-state index contributed by atoms with van der Waals surface area (Å²) in [6, 6.07) is 4.37. The van der Waals surface area contributed by atoms with E-state index in [-0.39, 0.29) is 0 Å². The van der Waals surface area contributed by atoms with Gasteiger partial charge in [0.25, 0.3) is 0 Å². The van der Waals surface area contributed by atoms with Crippen molar-refractivity contribution in [1.82, 2.24) is 35.3 Å². The normalized spacial score (nSPS) is 12.7. The maximum Gasteiger partial charge on any atom is 0.159 e. The first-order valence-electron chi connectivity index (χ1n) is 9.81. The summed E-state index contributed by atoms with van der Waals surface area (Å²) in [5.74, 6) is 0.120. The van der Waals surface area contributed by atoms with Crippen LogP contribution in [0.5, 0.6) is 0 Å². The molecule has 0 atom stereocenters. The molecule has 0 aliphatic carbocycles. The molecule has 4 aromatic heterocycles. The number of rotatable bonds is 4. The van der Waals surface area contributed by atoms with Crippen molar-refractivity contribution in [2.24, 2.45) is 0 Å². The van der Waals surface area contributed by atoms with Crippen molar-refractivity contribution in [2.75, 3.05) is 5.73 Å². The number of nitrogens with two attached hydrogens (primary N) is 1. The number of fused-ring (bicyclic) bond motifs is 1. The summed E-state index contributed by atoms with van der Waals surface area (Å²) in [7, 11) is 0. The number of aromatic amines is 3. The Morgan fingerprint density at radius 1 is 1.19 bits per heavy atom. The lowest BCUT2D eigenvalue weighted by Crippen LogP contribution is -2.21. The zero-order valence-corrected chi connectivity index (χ0v) is 17.1. The summed E-state index contributed by atoms with van der Waals surface area (Å²) in [6.07, 6.45) is 10.8. The number of allylic oxidation sites excluding steroid dienone is 2. The van der Waals surface area contributed by atoms with E-state index >= 15 is 0 Å². The molecule has 0 fully saturated rings. The van der Waals surface area contributed by atoms with Crippen molar-refractivity contribution in [3.8, 4) is 22.6 Å². The third-order valence-electron chi connectivity index (χ3n) is 5.20. The molecule has 9 heteroatoms. The van der Waals surface area contributed by atoms with E-state index in [0.717, 1.165) is 16.5 Å². The number of H-pyrrole nitrogens is 3. The summed E-state index contributed by atoms with van der Waals surface area (Å²) in [5.41, 5.74) is 11.4. The van der Waals surface area contributed by atoms with Gasteiger partial charge in [0.1, 0.15) is 11.5 Å². The number of hydrogen-bond donors (Lipinski definition) is 4. The smallest absolute Gasteiger partial charge is 0.159 e. The fraction of sp³-hybridized carbons (Fsp3) is 0.0435. The van der Waals surface area contributed by atoms with Gasteiger partial charge in [-0.05, 0) is 42.3 Å². The number of anilines is 1. The standard InChI is InChI=1S/C23H19FN8/c1-12(15-8-27-28-9-15)3-4-19-13(2)21(32-31-19)23-29-20-11-26-10-18(22(20)30-23)14-5-16(24)7-17(25)6-14/h3-11,31H,2,25H2,1H3,(H,27,28)(H,29,30)/b12-3+,19-4+. The van der Waals surface area contributed by atoms with Gasteiger partial charge in [0.15, 0.2) is 5.82 Å². The second-order valence-corrected chi connectivity index (χ2v) is 7.41. The van der Waals surface area contributed by atoms with E-state index in [0.29, 0.717) is 44.6 Å². The molecule has 0 amide bonds.